The third-order valence-corrected chi connectivity index (χ3v) is 7.43. The van der Waals surface area contributed by atoms with Gasteiger partial charge in [0.05, 0.1) is 18.4 Å². The molecule has 0 aromatic carbocycles. The summed E-state index contributed by atoms with van der Waals surface area (Å²) in [5.74, 6) is 0. The predicted molar refractivity (Wildman–Crippen MR) is 93.3 cm³/mol. The summed E-state index contributed by atoms with van der Waals surface area (Å²) in [6, 6.07) is 0. The number of nitrogens with one attached hydrogen (secondary N) is 1. The average molecular weight is 514 g/mol. The van der Waals surface area contributed by atoms with Crippen LogP contribution in [0.25, 0.3) is 0 Å². The number of phosphoric acid groups is 3. The molecule has 0 bridgehead atoms. The lowest BCUT2D eigenvalue weighted by Gasteiger charge is -2.19. The molecule has 0 amide bonds. The summed E-state index contributed by atoms with van der Waals surface area (Å²) in [6.07, 6.45) is -5.91. The smallest absolute Gasteiger partial charge is 0.413 e. The van der Waals surface area contributed by atoms with Crippen molar-refractivity contribution in [2.75, 3.05) is 13.7 Å². The summed E-state index contributed by atoms with van der Waals surface area (Å²) in [7, 11) is -15.7. The molecule has 1 aromatic rings. The first-order valence-corrected chi connectivity index (χ1v) is 12.3. The summed E-state index contributed by atoms with van der Waals surface area (Å²) < 4.78 is 50.7. The van der Waals surface area contributed by atoms with E-state index >= 15 is 0 Å². The van der Waals surface area contributed by atoms with Crippen LogP contribution in [0, 0.1) is 0 Å². The SMILES string of the molecule is COn1cc([C@@H]2O[C@H](COP(=O)(O)OP(=O)(O)OP(=O)(O)O)C(O)[C@@H]2O)c(=O)[nH]c1=O. The third kappa shape index (κ3) is 6.87. The Morgan fingerprint density at radius 3 is 2.23 bits per heavy atom. The number of H-pyrrole nitrogens is 1. The number of aliphatic hydroxyl groups is 2. The van der Waals surface area contributed by atoms with Crippen molar-refractivity contribution in [3.8, 4) is 0 Å². The highest BCUT2D eigenvalue weighted by Crippen LogP contribution is 2.66. The number of aromatic amines is 1. The van der Waals surface area contributed by atoms with Gasteiger partial charge in [-0.3, -0.25) is 14.3 Å². The molecule has 1 saturated heterocycles. The largest absolute Gasteiger partial charge is 0.490 e. The van der Waals surface area contributed by atoms with E-state index < -0.39 is 65.7 Å². The summed E-state index contributed by atoms with van der Waals surface area (Å²) in [5.41, 5.74) is -2.31. The molecule has 1 fully saturated rings. The molecule has 178 valence electrons. The summed E-state index contributed by atoms with van der Waals surface area (Å²) >= 11 is 0. The second-order valence-electron chi connectivity index (χ2n) is 5.82. The Morgan fingerprint density at radius 2 is 1.68 bits per heavy atom. The van der Waals surface area contributed by atoms with Crippen molar-refractivity contribution in [2.24, 2.45) is 0 Å². The number of nitrogens with zero attached hydrogens (tertiary/aromatic N) is 1. The molecule has 21 heteroatoms. The lowest BCUT2D eigenvalue weighted by molar-refractivity contribution is -0.0233. The van der Waals surface area contributed by atoms with Crippen molar-refractivity contribution in [3.05, 3.63) is 32.6 Å². The van der Waals surface area contributed by atoms with Crippen LogP contribution in [0.4, 0.5) is 0 Å². The first-order valence-electron chi connectivity index (χ1n) is 7.75. The number of hydrogen-bond acceptors (Lipinski definition) is 12. The fraction of sp³-hybridized carbons (Fsp3) is 0.600. The molecule has 18 nitrogen and oxygen atoms in total. The normalized spacial score (nSPS) is 28.1. The zero-order valence-electron chi connectivity index (χ0n) is 15.1. The minimum atomic E-state index is -5.75. The minimum Gasteiger partial charge on any atom is -0.413 e. The van der Waals surface area contributed by atoms with E-state index in [0.717, 1.165) is 13.3 Å². The molecule has 1 aliphatic heterocycles. The monoisotopic (exact) mass is 514 g/mol. The van der Waals surface area contributed by atoms with Crippen LogP contribution in [0.5, 0.6) is 0 Å². The van der Waals surface area contributed by atoms with E-state index in [1.165, 1.54) is 0 Å². The molecule has 1 aliphatic rings. The summed E-state index contributed by atoms with van der Waals surface area (Å²) in [5, 5.41) is 20.1. The van der Waals surface area contributed by atoms with Crippen molar-refractivity contribution in [1.82, 2.24) is 9.71 Å². The van der Waals surface area contributed by atoms with Gasteiger partial charge in [-0.1, -0.05) is 0 Å². The molecule has 1 aromatic heterocycles. The van der Waals surface area contributed by atoms with Crippen molar-refractivity contribution in [2.45, 2.75) is 24.4 Å². The third-order valence-electron chi connectivity index (χ3n) is 3.62. The minimum absolute atomic E-state index is 0.367. The molecule has 0 spiro atoms. The van der Waals surface area contributed by atoms with E-state index in [1.807, 2.05) is 4.98 Å². The summed E-state index contributed by atoms with van der Waals surface area (Å²) in [6.45, 7) is -1.07. The molecular weight excluding hydrogens is 497 g/mol. The van der Waals surface area contributed by atoms with E-state index in [4.69, 9.17) is 19.4 Å². The lowest BCUT2D eigenvalue weighted by atomic mass is 10.0. The molecule has 31 heavy (non-hydrogen) atoms. The van der Waals surface area contributed by atoms with E-state index in [2.05, 4.69) is 18.0 Å². The number of aromatic nitrogens is 2. The highest BCUT2D eigenvalue weighted by molar-refractivity contribution is 7.66. The van der Waals surface area contributed by atoms with E-state index in [0.29, 0.717) is 4.73 Å². The maximum Gasteiger partial charge on any atom is 0.490 e. The standard InChI is InChI=1S/C10H17N2O16P3/c1-24-12-2-4(9(15)11-10(12)16)8-7(14)6(13)5(26-8)3-25-30(20,21)28-31(22,23)27-29(17,18)19/h2,5-8,13-14H,3H2,1H3,(H,20,21)(H,22,23)(H,11,15,16)(H2,17,18,19)/t5-,6?,7+,8+/m1/s1. The molecule has 3 unspecified atom stereocenters. The zero-order chi connectivity index (χ0) is 23.8. The lowest BCUT2D eigenvalue weighted by Crippen LogP contribution is -2.37. The second-order valence-corrected chi connectivity index (χ2v) is 10.2. The zero-order valence-corrected chi connectivity index (χ0v) is 17.8. The van der Waals surface area contributed by atoms with Crippen LogP contribution in [-0.2, 0) is 31.6 Å². The maximum absolute atomic E-state index is 12.0. The van der Waals surface area contributed by atoms with Crippen LogP contribution in [-0.4, -0.2) is 71.5 Å². The van der Waals surface area contributed by atoms with Gasteiger partial charge in [0, 0.05) is 0 Å². The Labute approximate surface area is 171 Å². The van der Waals surface area contributed by atoms with E-state index in [9.17, 15) is 38.4 Å². The van der Waals surface area contributed by atoms with Crippen LogP contribution in [0.1, 0.15) is 11.7 Å². The van der Waals surface area contributed by atoms with Gasteiger partial charge in [0.25, 0.3) is 5.56 Å². The number of phosphoric ester groups is 1. The van der Waals surface area contributed by atoms with Crippen LogP contribution in [0.3, 0.4) is 0 Å². The van der Waals surface area contributed by atoms with Gasteiger partial charge in [0.1, 0.15) is 31.5 Å². The summed E-state index contributed by atoms with van der Waals surface area (Å²) in [4.78, 5) is 65.4. The van der Waals surface area contributed by atoms with Crippen LogP contribution in [0.15, 0.2) is 15.8 Å². The van der Waals surface area contributed by atoms with Gasteiger partial charge < -0.3 is 39.4 Å². The fourth-order valence-corrected chi connectivity index (χ4v) is 5.45. The van der Waals surface area contributed by atoms with Crippen molar-refractivity contribution in [3.63, 3.8) is 0 Å². The molecule has 7 N–H and O–H groups in total. The number of ether oxygens (including phenoxy) is 1. The number of aliphatic hydroxyl groups excluding tert-OH is 2. The highest BCUT2D eigenvalue weighted by Gasteiger charge is 2.47. The van der Waals surface area contributed by atoms with Gasteiger partial charge >= 0.3 is 29.2 Å². The first kappa shape index (κ1) is 26.0. The molecule has 2 heterocycles. The van der Waals surface area contributed by atoms with Crippen LogP contribution < -0.4 is 16.1 Å². The van der Waals surface area contributed by atoms with Crippen molar-refractivity contribution in [1.29, 1.82) is 0 Å². The molecular formula is C10H17N2O16P3. The molecule has 6 atom stereocenters. The van der Waals surface area contributed by atoms with Crippen molar-refractivity contribution < 1.29 is 66.2 Å². The quantitative estimate of drug-likeness (QED) is 0.163. The van der Waals surface area contributed by atoms with Gasteiger partial charge in [-0.2, -0.15) is 8.62 Å². The number of hydrogen-bond donors (Lipinski definition) is 7. The fourth-order valence-electron chi connectivity index (χ4n) is 2.42. The Balaban J connectivity index is 2.12. The van der Waals surface area contributed by atoms with E-state index in [1.54, 1.807) is 0 Å². The van der Waals surface area contributed by atoms with Gasteiger partial charge in [-0.25, -0.2) is 18.5 Å². The van der Waals surface area contributed by atoms with Gasteiger partial charge in [0.15, 0.2) is 0 Å². The van der Waals surface area contributed by atoms with Crippen molar-refractivity contribution >= 4 is 23.5 Å². The molecule has 0 radical (unpaired) electrons. The Kier molecular flexibility index (Phi) is 7.83. The maximum atomic E-state index is 12.0. The molecule has 0 saturated carbocycles. The predicted octanol–water partition coefficient (Wildman–Crippen LogP) is -2.90. The molecule has 2 rings (SSSR count). The first-order chi connectivity index (χ1) is 14.1. The van der Waals surface area contributed by atoms with Gasteiger partial charge in [0.2, 0.25) is 0 Å². The van der Waals surface area contributed by atoms with Crippen LogP contribution >= 0.6 is 23.5 Å². The van der Waals surface area contributed by atoms with Gasteiger partial charge in [-0.05, 0) is 0 Å². The van der Waals surface area contributed by atoms with E-state index in [-0.39, 0.29) is 5.56 Å². The Hall–Kier alpha value is -1.23. The van der Waals surface area contributed by atoms with Crippen LogP contribution in [0.2, 0.25) is 0 Å². The number of rotatable bonds is 9. The highest BCUT2D eigenvalue weighted by atomic mass is 31.3. The Morgan fingerprint density at radius 1 is 1.06 bits per heavy atom. The van der Waals surface area contributed by atoms with Gasteiger partial charge in [-0.15, -0.1) is 4.73 Å². The topological polar surface area (TPSA) is 274 Å². The second kappa shape index (κ2) is 9.33. The molecule has 0 aliphatic carbocycles. The Bertz CT molecular complexity index is 1060. The average Bonchev–Trinajstić information content (AvgIpc) is 2.85.